The topological polar surface area (TPSA) is 78.4 Å². The molecule has 0 heterocycles. The molecule has 0 aromatic heterocycles. The molecule has 3 N–H and O–H groups in total. The molecule has 5 nitrogen and oxygen atoms in total. The van der Waals surface area contributed by atoms with E-state index in [1.54, 1.807) is 0 Å². The maximum absolute atomic E-state index is 13.4. The van der Waals surface area contributed by atoms with Gasteiger partial charge in [0.25, 0.3) is 0 Å². The highest BCUT2D eigenvalue weighted by Gasteiger charge is 2.25. The molecule has 1 aliphatic rings. The molecule has 2 amide bonds. The minimum absolute atomic E-state index is 0.119. The number of nitrogens with one attached hydrogen (secondary N) is 2. The number of aliphatic hydroxyl groups excluding tert-OH is 1. The lowest BCUT2D eigenvalue weighted by Gasteiger charge is -2.27. The highest BCUT2D eigenvalue weighted by Crippen LogP contribution is 2.23. The van der Waals surface area contributed by atoms with Crippen LogP contribution in [0.5, 0.6) is 0 Å². The predicted octanol–water partition coefficient (Wildman–Crippen LogP) is 1.71. The van der Waals surface area contributed by atoms with E-state index >= 15 is 0 Å². The first-order valence-corrected chi connectivity index (χ1v) is 7.31. The second-order valence-corrected chi connectivity index (χ2v) is 5.50. The van der Waals surface area contributed by atoms with E-state index in [0.29, 0.717) is 12.5 Å². The number of aliphatic hydroxyl groups is 1. The van der Waals surface area contributed by atoms with Gasteiger partial charge in [-0.05, 0) is 25.0 Å². The molecule has 0 saturated heterocycles. The molecule has 2 unspecified atom stereocenters. The molecule has 23 heavy (non-hydrogen) atoms. The van der Waals surface area contributed by atoms with Gasteiger partial charge in [-0.2, -0.15) is 0 Å². The monoisotopic (exact) mass is 330 g/mol. The quantitative estimate of drug-likeness (QED) is 0.583. The van der Waals surface area contributed by atoms with Crippen LogP contribution in [0.15, 0.2) is 12.1 Å². The standard InChI is InChI=1S/C15H17F3N2O3/c16-9-5-6-10(13(18)12(9)17)20-15(23)14(22)19-7-8-3-1-2-4-11(8)21/h5-6,8,11,21H,1-4,7H2,(H,19,22)(H,20,23). The van der Waals surface area contributed by atoms with Crippen molar-refractivity contribution in [2.75, 3.05) is 11.9 Å². The third-order valence-electron chi connectivity index (χ3n) is 3.88. The average Bonchev–Trinajstić information content (AvgIpc) is 2.54. The number of halogens is 3. The Morgan fingerprint density at radius 2 is 1.78 bits per heavy atom. The fourth-order valence-corrected chi connectivity index (χ4v) is 2.53. The molecule has 0 bridgehead atoms. The fraction of sp³-hybridized carbons (Fsp3) is 0.467. The number of carbonyl (C=O) groups is 2. The molecule has 0 spiro atoms. The van der Waals surface area contributed by atoms with Gasteiger partial charge in [-0.25, -0.2) is 13.2 Å². The van der Waals surface area contributed by atoms with Crippen molar-refractivity contribution in [2.45, 2.75) is 31.8 Å². The number of benzene rings is 1. The summed E-state index contributed by atoms with van der Waals surface area (Å²) < 4.78 is 39.3. The molecule has 0 aliphatic heterocycles. The number of hydrogen-bond donors (Lipinski definition) is 3. The molecule has 1 aliphatic carbocycles. The molecule has 126 valence electrons. The van der Waals surface area contributed by atoms with Gasteiger partial charge in [-0.15, -0.1) is 0 Å². The first-order chi connectivity index (χ1) is 10.9. The van der Waals surface area contributed by atoms with Crippen LogP contribution in [0.2, 0.25) is 0 Å². The van der Waals surface area contributed by atoms with Crippen molar-refractivity contribution < 1.29 is 27.9 Å². The summed E-state index contributed by atoms with van der Waals surface area (Å²) in [6.45, 7) is 0.119. The van der Waals surface area contributed by atoms with Gasteiger partial charge in [-0.1, -0.05) is 12.8 Å². The number of amides is 2. The Bertz CT molecular complexity index is 610. The average molecular weight is 330 g/mol. The fourth-order valence-electron chi connectivity index (χ4n) is 2.53. The molecule has 1 fully saturated rings. The first-order valence-electron chi connectivity index (χ1n) is 7.31. The van der Waals surface area contributed by atoms with E-state index in [-0.39, 0.29) is 12.5 Å². The maximum atomic E-state index is 13.4. The van der Waals surface area contributed by atoms with Gasteiger partial charge in [0, 0.05) is 12.5 Å². The second-order valence-electron chi connectivity index (χ2n) is 5.50. The van der Waals surface area contributed by atoms with Crippen LogP contribution in [0, 0.1) is 23.4 Å². The van der Waals surface area contributed by atoms with Crippen molar-refractivity contribution >= 4 is 17.5 Å². The van der Waals surface area contributed by atoms with Gasteiger partial charge in [0.15, 0.2) is 17.5 Å². The van der Waals surface area contributed by atoms with Crippen LogP contribution in [0.3, 0.4) is 0 Å². The molecule has 2 atom stereocenters. The van der Waals surface area contributed by atoms with Crippen LogP contribution in [0.4, 0.5) is 18.9 Å². The highest BCUT2D eigenvalue weighted by molar-refractivity contribution is 6.39. The van der Waals surface area contributed by atoms with Crippen molar-refractivity contribution in [3.05, 3.63) is 29.6 Å². The van der Waals surface area contributed by atoms with Crippen LogP contribution in [-0.2, 0) is 9.59 Å². The third-order valence-corrected chi connectivity index (χ3v) is 3.88. The van der Waals surface area contributed by atoms with Crippen LogP contribution in [-0.4, -0.2) is 29.6 Å². The first kappa shape index (κ1) is 17.3. The summed E-state index contributed by atoms with van der Waals surface area (Å²) >= 11 is 0. The molecule has 1 aromatic rings. The van der Waals surface area contributed by atoms with E-state index in [0.717, 1.165) is 25.3 Å². The summed E-state index contributed by atoms with van der Waals surface area (Å²) in [5.74, 6) is -7.06. The Morgan fingerprint density at radius 1 is 1.09 bits per heavy atom. The zero-order valence-electron chi connectivity index (χ0n) is 12.2. The summed E-state index contributed by atoms with van der Waals surface area (Å²) in [6.07, 6.45) is 2.70. The molecule has 1 saturated carbocycles. The Labute approximate surface area is 130 Å². The summed E-state index contributed by atoms with van der Waals surface area (Å²) in [6, 6.07) is 1.47. The minimum Gasteiger partial charge on any atom is -0.393 e. The molecule has 1 aromatic carbocycles. The van der Waals surface area contributed by atoms with Crippen molar-refractivity contribution in [3.8, 4) is 0 Å². The normalized spacial score (nSPS) is 20.9. The van der Waals surface area contributed by atoms with Gasteiger partial charge < -0.3 is 15.7 Å². The molecule has 8 heteroatoms. The van der Waals surface area contributed by atoms with Gasteiger partial charge in [0.05, 0.1) is 11.8 Å². The number of hydrogen-bond acceptors (Lipinski definition) is 3. The van der Waals surface area contributed by atoms with Crippen LogP contribution < -0.4 is 10.6 Å². The summed E-state index contributed by atoms with van der Waals surface area (Å²) in [5, 5.41) is 14.0. The van der Waals surface area contributed by atoms with Gasteiger partial charge >= 0.3 is 11.8 Å². The van der Waals surface area contributed by atoms with E-state index < -0.39 is 41.1 Å². The van der Waals surface area contributed by atoms with E-state index in [1.807, 2.05) is 5.32 Å². The predicted molar refractivity (Wildman–Crippen MR) is 75.9 cm³/mol. The van der Waals surface area contributed by atoms with Crippen LogP contribution in [0.1, 0.15) is 25.7 Å². The van der Waals surface area contributed by atoms with Crippen LogP contribution in [0.25, 0.3) is 0 Å². The zero-order valence-corrected chi connectivity index (χ0v) is 12.2. The lowest BCUT2D eigenvalue weighted by molar-refractivity contribution is -0.136. The summed E-state index contributed by atoms with van der Waals surface area (Å²) in [7, 11) is 0. The Balaban J connectivity index is 1.90. The molecular formula is C15H17F3N2O3. The molecular weight excluding hydrogens is 313 g/mol. The van der Waals surface area contributed by atoms with Crippen LogP contribution >= 0.6 is 0 Å². The van der Waals surface area contributed by atoms with E-state index in [1.165, 1.54) is 0 Å². The Hall–Kier alpha value is -2.09. The van der Waals surface area contributed by atoms with Gasteiger partial charge in [0.2, 0.25) is 0 Å². The SMILES string of the molecule is O=C(NCC1CCCCC1O)C(=O)Nc1ccc(F)c(F)c1F. The number of rotatable bonds is 3. The molecule has 2 rings (SSSR count). The van der Waals surface area contributed by atoms with Crippen molar-refractivity contribution in [1.29, 1.82) is 0 Å². The third kappa shape index (κ3) is 4.22. The Kier molecular flexibility index (Phi) is 5.59. The number of anilines is 1. The van der Waals surface area contributed by atoms with Gasteiger partial charge in [-0.3, -0.25) is 9.59 Å². The minimum atomic E-state index is -1.73. The lowest BCUT2D eigenvalue weighted by atomic mass is 9.86. The van der Waals surface area contributed by atoms with E-state index in [9.17, 15) is 27.9 Å². The maximum Gasteiger partial charge on any atom is 0.313 e. The second kappa shape index (κ2) is 7.45. The zero-order chi connectivity index (χ0) is 17.0. The van der Waals surface area contributed by atoms with Crippen molar-refractivity contribution in [1.82, 2.24) is 5.32 Å². The smallest absolute Gasteiger partial charge is 0.313 e. The molecule has 0 radical (unpaired) electrons. The van der Waals surface area contributed by atoms with Gasteiger partial charge in [0.1, 0.15) is 0 Å². The van der Waals surface area contributed by atoms with E-state index in [2.05, 4.69) is 5.32 Å². The van der Waals surface area contributed by atoms with E-state index in [4.69, 9.17) is 0 Å². The summed E-state index contributed by atoms with van der Waals surface area (Å²) in [5.41, 5.74) is -0.623. The number of carbonyl (C=O) groups excluding carboxylic acids is 2. The Morgan fingerprint density at radius 3 is 2.48 bits per heavy atom. The van der Waals surface area contributed by atoms with Crippen molar-refractivity contribution in [2.24, 2.45) is 5.92 Å². The lowest BCUT2D eigenvalue weighted by Crippen LogP contribution is -2.41. The summed E-state index contributed by atoms with van der Waals surface area (Å²) in [4.78, 5) is 23.3. The van der Waals surface area contributed by atoms with Crippen molar-refractivity contribution in [3.63, 3.8) is 0 Å². The largest absolute Gasteiger partial charge is 0.393 e. The highest BCUT2D eigenvalue weighted by atomic mass is 19.2.